The smallest absolute Gasteiger partial charge is 0.120 e. The van der Waals surface area contributed by atoms with E-state index in [2.05, 4.69) is 5.32 Å². The summed E-state index contributed by atoms with van der Waals surface area (Å²) >= 11 is 0. The van der Waals surface area contributed by atoms with Gasteiger partial charge in [-0.25, -0.2) is 0 Å². The zero-order chi connectivity index (χ0) is 19.2. The molecule has 3 atom stereocenters. The van der Waals surface area contributed by atoms with E-state index in [-0.39, 0.29) is 18.4 Å². The van der Waals surface area contributed by atoms with E-state index in [0.29, 0.717) is 17.9 Å². The summed E-state index contributed by atoms with van der Waals surface area (Å²) in [4.78, 5) is 0. The van der Waals surface area contributed by atoms with Crippen LogP contribution in [0.1, 0.15) is 18.6 Å². The van der Waals surface area contributed by atoms with E-state index in [0.717, 1.165) is 10.8 Å². The van der Waals surface area contributed by atoms with E-state index < -0.39 is 12.2 Å². The van der Waals surface area contributed by atoms with Gasteiger partial charge in [-0.1, -0.05) is 42.5 Å². The molecule has 0 heterocycles. The summed E-state index contributed by atoms with van der Waals surface area (Å²) < 4.78 is 5.69. The molecule has 27 heavy (non-hydrogen) atoms. The highest BCUT2D eigenvalue weighted by molar-refractivity contribution is 5.83. The van der Waals surface area contributed by atoms with Crippen molar-refractivity contribution in [2.45, 2.75) is 25.2 Å². The molecule has 0 saturated heterocycles. The molecule has 3 unspecified atom stereocenters. The van der Waals surface area contributed by atoms with Crippen molar-refractivity contribution in [3.8, 4) is 11.5 Å². The van der Waals surface area contributed by atoms with E-state index in [1.165, 1.54) is 12.1 Å². The van der Waals surface area contributed by atoms with Crippen molar-refractivity contribution in [2.75, 3.05) is 13.2 Å². The number of aliphatic hydroxyl groups excluding tert-OH is 2. The van der Waals surface area contributed by atoms with E-state index in [1.807, 2.05) is 49.4 Å². The number of aliphatic hydroxyl groups is 2. The standard InChI is InChI=1S/C22H25NO4/c1-15(22(26)17-6-9-19(24)10-7-17)23-13-20(25)14-27-21-11-8-16-4-2-3-5-18(16)12-21/h2-12,15,20,22-26H,13-14H2,1H3. The van der Waals surface area contributed by atoms with Gasteiger partial charge >= 0.3 is 0 Å². The monoisotopic (exact) mass is 367 g/mol. The number of ether oxygens (including phenoxy) is 1. The highest BCUT2D eigenvalue weighted by Crippen LogP contribution is 2.21. The number of rotatable bonds is 8. The first kappa shape index (κ1) is 19.2. The molecular weight excluding hydrogens is 342 g/mol. The van der Waals surface area contributed by atoms with Gasteiger partial charge in [0.2, 0.25) is 0 Å². The maximum absolute atomic E-state index is 10.3. The van der Waals surface area contributed by atoms with Gasteiger partial charge in [-0.15, -0.1) is 0 Å². The van der Waals surface area contributed by atoms with Crippen molar-refractivity contribution in [1.29, 1.82) is 0 Å². The first-order chi connectivity index (χ1) is 13.0. The van der Waals surface area contributed by atoms with Crippen LogP contribution in [0, 0.1) is 0 Å². The molecule has 0 fully saturated rings. The van der Waals surface area contributed by atoms with Crippen LogP contribution in [0.2, 0.25) is 0 Å². The lowest BCUT2D eigenvalue weighted by molar-refractivity contribution is 0.0876. The maximum Gasteiger partial charge on any atom is 0.120 e. The number of nitrogens with one attached hydrogen (secondary N) is 1. The Kier molecular flexibility index (Phi) is 6.29. The second kappa shape index (κ2) is 8.86. The summed E-state index contributed by atoms with van der Waals surface area (Å²) in [5.41, 5.74) is 0.703. The number of aromatic hydroxyl groups is 1. The topological polar surface area (TPSA) is 82.0 Å². The van der Waals surface area contributed by atoms with Crippen LogP contribution < -0.4 is 10.1 Å². The third kappa shape index (κ3) is 5.20. The third-order valence-corrected chi connectivity index (χ3v) is 4.55. The predicted octanol–water partition coefficient (Wildman–Crippen LogP) is 3.00. The fraction of sp³-hybridized carbons (Fsp3) is 0.273. The van der Waals surface area contributed by atoms with Gasteiger partial charge in [0, 0.05) is 12.6 Å². The zero-order valence-electron chi connectivity index (χ0n) is 15.2. The van der Waals surface area contributed by atoms with Crippen molar-refractivity contribution in [3.63, 3.8) is 0 Å². The molecule has 5 heteroatoms. The van der Waals surface area contributed by atoms with Gasteiger partial charge < -0.3 is 25.4 Å². The lowest BCUT2D eigenvalue weighted by atomic mass is 10.0. The minimum atomic E-state index is -0.737. The minimum absolute atomic E-state index is 0.160. The van der Waals surface area contributed by atoms with Crippen LogP contribution in [0.5, 0.6) is 11.5 Å². The molecule has 0 amide bonds. The van der Waals surface area contributed by atoms with E-state index >= 15 is 0 Å². The Bertz CT molecular complexity index is 866. The summed E-state index contributed by atoms with van der Waals surface area (Å²) in [7, 11) is 0. The second-order valence-electron chi connectivity index (χ2n) is 6.71. The van der Waals surface area contributed by atoms with Crippen LogP contribution in [0.3, 0.4) is 0 Å². The molecule has 0 aliphatic rings. The van der Waals surface area contributed by atoms with E-state index in [1.54, 1.807) is 12.1 Å². The van der Waals surface area contributed by atoms with Crippen molar-refractivity contribution in [1.82, 2.24) is 5.32 Å². The van der Waals surface area contributed by atoms with Crippen molar-refractivity contribution < 1.29 is 20.1 Å². The zero-order valence-corrected chi connectivity index (χ0v) is 15.2. The average Bonchev–Trinajstić information content (AvgIpc) is 2.70. The van der Waals surface area contributed by atoms with Crippen LogP contribution >= 0.6 is 0 Å². The number of fused-ring (bicyclic) bond motifs is 1. The number of phenols is 1. The normalized spacial score (nSPS) is 14.6. The number of phenolic OH excluding ortho intramolecular Hbond substituents is 1. The Balaban J connectivity index is 1.47. The molecule has 0 aliphatic heterocycles. The van der Waals surface area contributed by atoms with Crippen LogP contribution in [0.15, 0.2) is 66.7 Å². The Morgan fingerprint density at radius 3 is 2.37 bits per heavy atom. The highest BCUT2D eigenvalue weighted by Gasteiger charge is 2.17. The predicted molar refractivity (Wildman–Crippen MR) is 106 cm³/mol. The van der Waals surface area contributed by atoms with Gasteiger partial charge in [0.05, 0.1) is 6.10 Å². The van der Waals surface area contributed by atoms with E-state index in [9.17, 15) is 15.3 Å². The Morgan fingerprint density at radius 1 is 0.926 bits per heavy atom. The van der Waals surface area contributed by atoms with Crippen molar-refractivity contribution in [2.24, 2.45) is 0 Å². The number of hydrogen-bond donors (Lipinski definition) is 4. The largest absolute Gasteiger partial charge is 0.508 e. The first-order valence-corrected chi connectivity index (χ1v) is 9.03. The van der Waals surface area contributed by atoms with Crippen molar-refractivity contribution in [3.05, 3.63) is 72.3 Å². The summed E-state index contributed by atoms with van der Waals surface area (Å²) in [6.07, 6.45) is -1.44. The third-order valence-electron chi connectivity index (χ3n) is 4.55. The van der Waals surface area contributed by atoms with Gasteiger partial charge in [0.15, 0.2) is 0 Å². The van der Waals surface area contributed by atoms with E-state index in [4.69, 9.17) is 4.74 Å². The van der Waals surface area contributed by atoms with Crippen molar-refractivity contribution >= 4 is 10.8 Å². The average molecular weight is 367 g/mol. The SMILES string of the molecule is CC(NCC(O)COc1ccc2ccccc2c1)C(O)c1ccc(O)cc1. The summed E-state index contributed by atoms with van der Waals surface area (Å²) in [6.45, 7) is 2.30. The summed E-state index contributed by atoms with van der Waals surface area (Å²) in [6, 6.07) is 20.0. The first-order valence-electron chi connectivity index (χ1n) is 9.03. The quantitative estimate of drug-likeness (QED) is 0.492. The second-order valence-corrected chi connectivity index (χ2v) is 6.71. The lowest BCUT2D eigenvalue weighted by Gasteiger charge is -2.22. The van der Waals surface area contributed by atoms with Gasteiger partial charge in [-0.2, -0.15) is 0 Å². The maximum atomic E-state index is 10.3. The Hall–Kier alpha value is -2.60. The molecule has 0 saturated carbocycles. The van der Waals surface area contributed by atoms with Gasteiger partial charge in [0.25, 0.3) is 0 Å². The number of benzene rings is 3. The minimum Gasteiger partial charge on any atom is -0.508 e. The fourth-order valence-corrected chi connectivity index (χ4v) is 2.90. The molecule has 3 rings (SSSR count). The van der Waals surface area contributed by atoms with Gasteiger partial charge in [0.1, 0.15) is 24.2 Å². The molecule has 0 spiro atoms. The highest BCUT2D eigenvalue weighted by atomic mass is 16.5. The van der Waals surface area contributed by atoms with Crippen LogP contribution in [0.25, 0.3) is 10.8 Å². The van der Waals surface area contributed by atoms with Gasteiger partial charge in [-0.3, -0.25) is 0 Å². The summed E-state index contributed by atoms with van der Waals surface area (Å²) in [5, 5.41) is 35.2. The molecule has 5 nitrogen and oxygen atoms in total. The van der Waals surface area contributed by atoms with Crippen LogP contribution in [-0.2, 0) is 0 Å². The fourth-order valence-electron chi connectivity index (χ4n) is 2.90. The van der Waals surface area contributed by atoms with Crippen LogP contribution in [-0.4, -0.2) is 40.6 Å². The molecule has 3 aromatic carbocycles. The molecule has 0 aromatic heterocycles. The molecular formula is C22H25NO4. The Labute approximate surface area is 158 Å². The molecule has 0 bridgehead atoms. The summed E-state index contributed by atoms with van der Waals surface area (Å²) in [5.74, 6) is 0.873. The molecule has 0 radical (unpaired) electrons. The molecule has 0 aliphatic carbocycles. The lowest BCUT2D eigenvalue weighted by Crippen LogP contribution is -2.39. The molecule has 142 valence electrons. The van der Waals surface area contributed by atoms with Crippen LogP contribution in [0.4, 0.5) is 0 Å². The molecule has 4 N–H and O–H groups in total. The molecule has 3 aromatic rings. The van der Waals surface area contributed by atoms with Gasteiger partial charge in [-0.05, 0) is 47.5 Å². The Morgan fingerprint density at radius 2 is 1.63 bits per heavy atom. The number of hydrogen-bond acceptors (Lipinski definition) is 5.